The number of aliphatic carboxylic acids is 2. The molecule has 0 amide bonds. The molecule has 14 heavy (non-hydrogen) atoms. The Hall–Kier alpha value is -2.11. The van der Waals surface area contributed by atoms with E-state index in [2.05, 4.69) is 17.9 Å². The molecule has 0 atom stereocenters. The second-order valence-corrected chi connectivity index (χ2v) is 1.75. The number of esters is 1. The van der Waals surface area contributed by atoms with Gasteiger partial charge in [0.1, 0.15) is 0 Å². The summed E-state index contributed by atoms with van der Waals surface area (Å²) in [5.41, 5.74) is 0. The fourth-order valence-electron chi connectivity index (χ4n) is 0.192. The van der Waals surface area contributed by atoms with Gasteiger partial charge in [-0.3, -0.25) is 0 Å². The first-order chi connectivity index (χ1) is 6.43. The van der Waals surface area contributed by atoms with Crippen LogP contribution in [0.4, 0.5) is 0 Å². The van der Waals surface area contributed by atoms with Crippen molar-refractivity contribution in [3.05, 3.63) is 25.3 Å². The van der Waals surface area contributed by atoms with Gasteiger partial charge in [-0.1, -0.05) is 13.2 Å². The van der Waals surface area contributed by atoms with Crippen molar-refractivity contribution < 1.29 is 29.3 Å². The van der Waals surface area contributed by atoms with Crippen molar-refractivity contribution in [2.24, 2.45) is 0 Å². The van der Waals surface area contributed by atoms with E-state index < -0.39 is 24.5 Å². The standard InChI is InChI=1S/C5H6O4.C3H4O2/c1-2-5(8)9-3-4(6)7;1-2-3(4)5/h2H,1,3H2,(H,6,7);2H,1H2,(H,4,5). The molecule has 0 aromatic rings. The number of carbonyl (C=O) groups excluding carboxylic acids is 1. The summed E-state index contributed by atoms with van der Waals surface area (Å²) in [5.74, 6) is -2.88. The van der Waals surface area contributed by atoms with Gasteiger partial charge in [-0.2, -0.15) is 0 Å². The predicted octanol–water partition coefficient (Wildman–Crippen LogP) is 0.0572. The summed E-state index contributed by atoms with van der Waals surface area (Å²) in [5, 5.41) is 15.6. The Bertz CT molecular complexity index is 242. The summed E-state index contributed by atoms with van der Waals surface area (Å²) in [4.78, 5) is 29.1. The summed E-state index contributed by atoms with van der Waals surface area (Å²) < 4.78 is 4.10. The van der Waals surface area contributed by atoms with Gasteiger partial charge in [0.2, 0.25) is 0 Å². The summed E-state index contributed by atoms with van der Waals surface area (Å²) in [6.07, 6.45) is 1.74. The van der Waals surface area contributed by atoms with Gasteiger partial charge >= 0.3 is 17.9 Å². The minimum absolute atomic E-state index is 0.606. The largest absolute Gasteiger partial charge is 0.479 e. The van der Waals surface area contributed by atoms with Gasteiger partial charge in [-0.05, 0) is 0 Å². The van der Waals surface area contributed by atoms with E-state index in [1.54, 1.807) is 0 Å². The molecule has 0 saturated carbocycles. The van der Waals surface area contributed by atoms with Crippen LogP contribution in [-0.4, -0.2) is 34.7 Å². The van der Waals surface area contributed by atoms with Crippen molar-refractivity contribution in [1.82, 2.24) is 0 Å². The SMILES string of the molecule is C=CC(=O)O.C=CC(=O)OCC(=O)O. The van der Waals surface area contributed by atoms with E-state index in [-0.39, 0.29) is 0 Å². The van der Waals surface area contributed by atoms with Gasteiger partial charge in [0.25, 0.3) is 0 Å². The van der Waals surface area contributed by atoms with E-state index in [0.717, 1.165) is 12.2 Å². The second-order valence-electron chi connectivity index (χ2n) is 1.75. The van der Waals surface area contributed by atoms with Crippen molar-refractivity contribution in [2.45, 2.75) is 0 Å². The lowest BCUT2D eigenvalue weighted by atomic mass is 10.6. The average molecular weight is 202 g/mol. The summed E-state index contributed by atoms with van der Waals surface area (Å²) >= 11 is 0. The predicted molar refractivity (Wildman–Crippen MR) is 46.6 cm³/mol. The lowest BCUT2D eigenvalue weighted by molar-refractivity contribution is -0.151. The summed E-state index contributed by atoms with van der Waals surface area (Å²) in [6, 6.07) is 0. The van der Waals surface area contributed by atoms with E-state index in [4.69, 9.17) is 10.2 Å². The Labute approximate surface area is 80.1 Å². The van der Waals surface area contributed by atoms with Crippen LogP contribution in [-0.2, 0) is 19.1 Å². The van der Waals surface area contributed by atoms with E-state index >= 15 is 0 Å². The highest BCUT2D eigenvalue weighted by Gasteiger charge is 1.99. The Morgan fingerprint density at radius 1 is 1.14 bits per heavy atom. The molecule has 0 rings (SSSR count). The zero-order chi connectivity index (χ0) is 11.6. The molecule has 0 aromatic heterocycles. The number of carbonyl (C=O) groups is 3. The number of carboxylic acid groups (broad SMARTS) is 2. The fourth-order valence-corrected chi connectivity index (χ4v) is 0.192. The van der Waals surface area contributed by atoms with Crippen molar-refractivity contribution in [3.8, 4) is 0 Å². The van der Waals surface area contributed by atoms with Crippen LogP contribution < -0.4 is 0 Å². The van der Waals surface area contributed by atoms with Crippen LogP contribution in [0.5, 0.6) is 0 Å². The number of hydrogen-bond acceptors (Lipinski definition) is 4. The first-order valence-electron chi connectivity index (χ1n) is 3.30. The quantitative estimate of drug-likeness (QED) is 0.493. The van der Waals surface area contributed by atoms with E-state index in [0.29, 0.717) is 0 Å². The van der Waals surface area contributed by atoms with Crippen LogP contribution in [0.15, 0.2) is 25.3 Å². The number of rotatable bonds is 4. The van der Waals surface area contributed by atoms with Crippen molar-refractivity contribution in [3.63, 3.8) is 0 Å². The molecule has 0 unspecified atom stereocenters. The zero-order valence-corrected chi connectivity index (χ0v) is 7.30. The minimum Gasteiger partial charge on any atom is -0.479 e. The van der Waals surface area contributed by atoms with Gasteiger partial charge in [0.05, 0.1) is 0 Å². The highest BCUT2D eigenvalue weighted by molar-refractivity contribution is 5.83. The zero-order valence-electron chi connectivity index (χ0n) is 7.30. The van der Waals surface area contributed by atoms with E-state index in [1.807, 2.05) is 0 Å². The summed E-state index contributed by atoms with van der Waals surface area (Å²) in [7, 11) is 0. The molecule has 2 N–H and O–H groups in total. The van der Waals surface area contributed by atoms with Gasteiger partial charge in [-0.15, -0.1) is 0 Å². The van der Waals surface area contributed by atoms with Crippen molar-refractivity contribution in [2.75, 3.05) is 6.61 Å². The van der Waals surface area contributed by atoms with Gasteiger partial charge < -0.3 is 14.9 Å². The second kappa shape index (κ2) is 8.98. The smallest absolute Gasteiger partial charge is 0.341 e. The molecule has 0 saturated heterocycles. The average Bonchev–Trinajstić information content (AvgIpc) is 2.14. The molecule has 0 heterocycles. The number of hydrogen-bond donors (Lipinski definition) is 2. The monoisotopic (exact) mass is 202 g/mol. The third-order valence-corrected chi connectivity index (χ3v) is 0.679. The minimum atomic E-state index is -1.18. The van der Waals surface area contributed by atoms with Gasteiger partial charge in [0, 0.05) is 12.2 Å². The van der Waals surface area contributed by atoms with Crippen LogP contribution in [0.2, 0.25) is 0 Å². The Morgan fingerprint density at radius 3 is 1.79 bits per heavy atom. The van der Waals surface area contributed by atoms with Crippen LogP contribution in [0.25, 0.3) is 0 Å². The Kier molecular flexibility index (Phi) is 9.25. The molecular formula is C8H10O6. The maximum Gasteiger partial charge on any atom is 0.341 e. The maximum absolute atomic E-state index is 10.1. The highest BCUT2D eigenvalue weighted by Crippen LogP contribution is 1.77. The van der Waals surface area contributed by atoms with Crippen LogP contribution >= 0.6 is 0 Å². The first-order valence-corrected chi connectivity index (χ1v) is 3.30. The Morgan fingerprint density at radius 2 is 1.57 bits per heavy atom. The Balaban J connectivity index is 0. The van der Waals surface area contributed by atoms with E-state index in [1.165, 1.54) is 0 Å². The third kappa shape index (κ3) is 16.5. The molecule has 6 nitrogen and oxygen atoms in total. The summed E-state index contributed by atoms with van der Waals surface area (Å²) in [6.45, 7) is 5.43. The molecule has 78 valence electrons. The van der Waals surface area contributed by atoms with E-state index in [9.17, 15) is 14.4 Å². The van der Waals surface area contributed by atoms with Gasteiger partial charge in [0.15, 0.2) is 6.61 Å². The molecule has 0 aliphatic rings. The topological polar surface area (TPSA) is 101 Å². The number of ether oxygens (including phenoxy) is 1. The molecule has 0 aromatic carbocycles. The molecule has 0 fully saturated rings. The lowest BCUT2D eigenvalue weighted by Crippen LogP contribution is -2.10. The molecule has 6 heteroatoms. The lowest BCUT2D eigenvalue weighted by Gasteiger charge is -1.93. The van der Waals surface area contributed by atoms with Crippen LogP contribution in [0.3, 0.4) is 0 Å². The van der Waals surface area contributed by atoms with Crippen LogP contribution in [0.1, 0.15) is 0 Å². The molecule has 0 aliphatic carbocycles. The van der Waals surface area contributed by atoms with Crippen molar-refractivity contribution in [1.29, 1.82) is 0 Å². The molecule has 0 spiro atoms. The first kappa shape index (κ1) is 14.4. The van der Waals surface area contributed by atoms with Gasteiger partial charge in [-0.25, -0.2) is 14.4 Å². The normalized spacial score (nSPS) is 7.43. The maximum atomic E-state index is 10.1. The fraction of sp³-hybridized carbons (Fsp3) is 0.125. The highest BCUT2D eigenvalue weighted by atomic mass is 16.5. The van der Waals surface area contributed by atoms with Crippen molar-refractivity contribution >= 4 is 17.9 Å². The molecular weight excluding hydrogens is 192 g/mol. The van der Waals surface area contributed by atoms with Crippen LogP contribution in [0, 0.1) is 0 Å². The molecule has 0 bridgehead atoms. The molecule has 0 aliphatic heterocycles. The third-order valence-electron chi connectivity index (χ3n) is 0.679. The number of carboxylic acids is 2. The molecule has 0 radical (unpaired) electrons.